The van der Waals surface area contributed by atoms with Gasteiger partial charge in [0.1, 0.15) is 0 Å². The van der Waals surface area contributed by atoms with Crippen molar-refractivity contribution in [1.29, 1.82) is 0 Å². The van der Waals surface area contributed by atoms with Crippen molar-refractivity contribution >= 4 is 22.4 Å². The topological polar surface area (TPSA) is 46.9 Å². The zero-order valence-corrected chi connectivity index (χ0v) is 13.6. The van der Waals surface area contributed by atoms with Gasteiger partial charge in [0.05, 0.1) is 6.33 Å². The van der Waals surface area contributed by atoms with Crippen LogP contribution < -0.4 is 5.32 Å². The third-order valence-electron chi connectivity index (χ3n) is 4.15. The third-order valence-corrected chi connectivity index (χ3v) is 4.15. The Morgan fingerprint density at radius 3 is 2.52 bits per heavy atom. The molecule has 0 aliphatic heterocycles. The van der Waals surface area contributed by atoms with Gasteiger partial charge in [-0.15, -0.1) is 0 Å². The number of nitrogens with zero attached hydrogens (tertiary/aromatic N) is 2. The average molecular weight is 327 g/mol. The van der Waals surface area contributed by atoms with Crippen LogP contribution in [0.4, 0.5) is 5.69 Å². The van der Waals surface area contributed by atoms with Crippen molar-refractivity contribution < 1.29 is 4.79 Å². The van der Waals surface area contributed by atoms with Crippen LogP contribution in [0.3, 0.4) is 0 Å². The fourth-order valence-electron chi connectivity index (χ4n) is 2.82. The highest BCUT2D eigenvalue weighted by atomic mass is 16.1. The van der Waals surface area contributed by atoms with E-state index in [4.69, 9.17) is 0 Å². The van der Waals surface area contributed by atoms with Crippen LogP contribution in [0, 0.1) is 0 Å². The van der Waals surface area contributed by atoms with Crippen LogP contribution in [-0.4, -0.2) is 15.5 Å². The molecule has 4 nitrogen and oxygen atoms in total. The standard InChI is InChI=1S/C21H17N3O/c25-21(23-20-10-9-17-3-1-2-4-19(17)13-20)18-7-5-16(6-8-18)14-24-12-11-22-15-24/h1-13,15H,14H2,(H,23,25). The van der Waals surface area contributed by atoms with Crippen molar-refractivity contribution in [3.8, 4) is 0 Å². The lowest BCUT2D eigenvalue weighted by molar-refractivity contribution is 0.102. The molecule has 0 saturated carbocycles. The Bertz CT molecular complexity index is 1000. The summed E-state index contributed by atoms with van der Waals surface area (Å²) in [4.78, 5) is 16.5. The molecule has 0 radical (unpaired) electrons. The molecule has 0 aliphatic rings. The Balaban J connectivity index is 1.48. The summed E-state index contributed by atoms with van der Waals surface area (Å²) in [6.45, 7) is 0.743. The molecule has 122 valence electrons. The van der Waals surface area contributed by atoms with Crippen LogP contribution in [-0.2, 0) is 6.54 Å². The van der Waals surface area contributed by atoms with Gasteiger partial charge >= 0.3 is 0 Å². The van der Waals surface area contributed by atoms with Gasteiger partial charge in [-0.05, 0) is 40.6 Å². The summed E-state index contributed by atoms with van der Waals surface area (Å²) in [5.41, 5.74) is 2.56. The summed E-state index contributed by atoms with van der Waals surface area (Å²) in [6, 6.07) is 21.7. The maximum absolute atomic E-state index is 12.5. The number of nitrogens with one attached hydrogen (secondary N) is 1. The molecule has 0 spiro atoms. The first-order valence-electron chi connectivity index (χ1n) is 8.13. The Morgan fingerprint density at radius 1 is 0.960 bits per heavy atom. The van der Waals surface area contributed by atoms with Crippen molar-refractivity contribution in [2.45, 2.75) is 6.54 Å². The normalized spacial score (nSPS) is 10.7. The van der Waals surface area contributed by atoms with Gasteiger partial charge in [0.15, 0.2) is 0 Å². The number of hydrogen-bond donors (Lipinski definition) is 1. The molecule has 0 fully saturated rings. The van der Waals surface area contributed by atoms with E-state index in [0.717, 1.165) is 28.6 Å². The van der Waals surface area contributed by atoms with Crippen LogP contribution in [0.15, 0.2) is 85.5 Å². The lowest BCUT2D eigenvalue weighted by Crippen LogP contribution is -2.11. The molecule has 1 heterocycles. The van der Waals surface area contributed by atoms with E-state index in [0.29, 0.717) is 5.56 Å². The smallest absolute Gasteiger partial charge is 0.255 e. The van der Waals surface area contributed by atoms with Crippen LogP contribution in [0.5, 0.6) is 0 Å². The number of amides is 1. The molecule has 0 atom stereocenters. The molecule has 0 unspecified atom stereocenters. The molecule has 1 aromatic heterocycles. The monoisotopic (exact) mass is 327 g/mol. The predicted molar refractivity (Wildman–Crippen MR) is 99.7 cm³/mol. The predicted octanol–water partition coefficient (Wildman–Crippen LogP) is 4.34. The molecule has 4 rings (SSSR count). The summed E-state index contributed by atoms with van der Waals surface area (Å²) < 4.78 is 1.99. The average Bonchev–Trinajstić information content (AvgIpc) is 3.15. The van der Waals surface area contributed by atoms with Gasteiger partial charge in [0, 0.05) is 30.2 Å². The zero-order chi connectivity index (χ0) is 17.1. The first-order valence-corrected chi connectivity index (χ1v) is 8.13. The third kappa shape index (κ3) is 3.43. The van der Waals surface area contributed by atoms with E-state index in [-0.39, 0.29) is 5.91 Å². The van der Waals surface area contributed by atoms with E-state index >= 15 is 0 Å². The zero-order valence-electron chi connectivity index (χ0n) is 13.6. The van der Waals surface area contributed by atoms with Gasteiger partial charge in [0.25, 0.3) is 5.91 Å². The number of hydrogen-bond acceptors (Lipinski definition) is 2. The number of aromatic nitrogens is 2. The number of anilines is 1. The molecule has 4 aromatic rings. The molecule has 0 saturated heterocycles. The van der Waals surface area contributed by atoms with Crippen molar-refractivity contribution in [3.63, 3.8) is 0 Å². The van der Waals surface area contributed by atoms with Crippen molar-refractivity contribution in [2.24, 2.45) is 0 Å². The largest absolute Gasteiger partial charge is 0.333 e. The van der Waals surface area contributed by atoms with Gasteiger partial charge in [-0.25, -0.2) is 4.98 Å². The first-order chi connectivity index (χ1) is 12.3. The van der Waals surface area contributed by atoms with E-state index in [1.807, 2.05) is 71.4 Å². The molecule has 4 heteroatoms. The van der Waals surface area contributed by atoms with Gasteiger partial charge in [-0.3, -0.25) is 4.79 Å². The fraction of sp³-hybridized carbons (Fsp3) is 0.0476. The minimum atomic E-state index is -0.107. The molecule has 0 bridgehead atoms. The minimum absolute atomic E-state index is 0.107. The second-order valence-corrected chi connectivity index (χ2v) is 5.95. The van der Waals surface area contributed by atoms with Crippen LogP contribution in [0.1, 0.15) is 15.9 Å². The quantitative estimate of drug-likeness (QED) is 0.606. The second-order valence-electron chi connectivity index (χ2n) is 5.95. The van der Waals surface area contributed by atoms with E-state index < -0.39 is 0 Å². The lowest BCUT2D eigenvalue weighted by atomic mass is 10.1. The maximum atomic E-state index is 12.5. The van der Waals surface area contributed by atoms with Crippen molar-refractivity contribution in [1.82, 2.24) is 9.55 Å². The highest BCUT2D eigenvalue weighted by Crippen LogP contribution is 2.19. The highest BCUT2D eigenvalue weighted by molar-refractivity contribution is 6.05. The van der Waals surface area contributed by atoms with E-state index in [1.165, 1.54) is 0 Å². The first kappa shape index (κ1) is 15.1. The maximum Gasteiger partial charge on any atom is 0.255 e. The number of carbonyl (C=O) groups excluding carboxylic acids is 1. The van der Waals surface area contributed by atoms with Crippen LogP contribution >= 0.6 is 0 Å². The Labute approximate surface area is 145 Å². The molecule has 1 amide bonds. The lowest BCUT2D eigenvalue weighted by Gasteiger charge is -2.08. The SMILES string of the molecule is O=C(Nc1ccc2ccccc2c1)c1ccc(Cn2ccnc2)cc1. The number of rotatable bonds is 4. The Hall–Kier alpha value is -3.40. The van der Waals surface area contributed by atoms with E-state index in [2.05, 4.69) is 16.4 Å². The highest BCUT2D eigenvalue weighted by Gasteiger charge is 2.07. The van der Waals surface area contributed by atoms with Crippen molar-refractivity contribution in [2.75, 3.05) is 5.32 Å². The molecule has 1 N–H and O–H groups in total. The van der Waals surface area contributed by atoms with E-state index in [1.54, 1.807) is 12.5 Å². The summed E-state index contributed by atoms with van der Waals surface area (Å²) in [7, 11) is 0. The molecule has 3 aromatic carbocycles. The fourth-order valence-corrected chi connectivity index (χ4v) is 2.82. The van der Waals surface area contributed by atoms with E-state index in [9.17, 15) is 4.79 Å². The Morgan fingerprint density at radius 2 is 1.76 bits per heavy atom. The van der Waals surface area contributed by atoms with Crippen LogP contribution in [0.2, 0.25) is 0 Å². The van der Waals surface area contributed by atoms with Gasteiger partial charge in [-0.1, -0.05) is 42.5 Å². The number of benzene rings is 3. The summed E-state index contributed by atoms with van der Waals surface area (Å²) in [5, 5.41) is 5.23. The van der Waals surface area contributed by atoms with Gasteiger partial charge < -0.3 is 9.88 Å². The number of carbonyl (C=O) groups is 1. The number of fused-ring (bicyclic) bond motifs is 1. The minimum Gasteiger partial charge on any atom is -0.333 e. The summed E-state index contributed by atoms with van der Waals surface area (Å²) in [6.07, 6.45) is 5.45. The number of imidazole rings is 1. The summed E-state index contributed by atoms with van der Waals surface area (Å²) >= 11 is 0. The van der Waals surface area contributed by atoms with Crippen molar-refractivity contribution in [3.05, 3.63) is 96.6 Å². The molecular weight excluding hydrogens is 310 g/mol. The molecule has 0 aliphatic carbocycles. The van der Waals surface area contributed by atoms with Gasteiger partial charge in [-0.2, -0.15) is 0 Å². The second kappa shape index (κ2) is 6.61. The van der Waals surface area contributed by atoms with Gasteiger partial charge in [0.2, 0.25) is 0 Å². The molecule has 25 heavy (non-hydrogen) atoms. The Kier molecular flexibility index (Phi) is 4.01. The summed E-state index contributed by atoms with van der Waals surface area (Å²) in [5.74, 6) is -0.107. The molecular formula is C21H17N3O. The van der Waals surface area contributed by atoms with Crippen LogP contribution in [0.25, 0.3) is 10.8 Å².